The van der Waals surface area contributed by atoms with Crippen LogP contribution in [0.25, 0.3) is 0 Å². The average molecular weight is 269 g/mol. The molecule has 0 saturated carbocycles. The van der Waals surface area contributed by atoms with E-state index in [0.29, 0.717) is 17.4 Å². The third-order valence-corrected chi connectivity index (χ3v) is 1.83. The highest BCUT2D eigenvalue weighted by Crippen LogP contribution is 2.10. The number of aromatic nitrogens is 2. The number of alkyl halides is 1. The third kappa shape index (κ3) is 7.33. The lowest BCUT2D eigenvalue weighted by Crippen LogP contribution is -2.18. The van der Waals surface area contributed by atoms with Crippen LogP contribution in [-0.2, 0) is 0 Å². The number of nitrogens with two attached hydrogens (primary N) is 1. The number of aliphatic imine (C=N–C) groups is 2. The second-order valence-corrected chi connectivity index (χ2v) is 4.49. The minimum atomic E-state index is -1.38. The third-order valence-electron chi connectivity index (χ3n) is 1.83. The van der Waals surface area contributed by atoms with E-state index in [-0.39, 0.29) is 6.54 Å². The number of amidine groups is 2. The summed E-state index contributed by atoms with van der Waals surface area (Å²) in [6.45, 7) is 10.4. The Balaban J connectivity index is 0.00000154. The summed E-state index contributed by atoms with van der Waals surface area (Å²) >= 11 is 0. The molecule has 0 fully saturated rings. The number of nitrogens with zero attached hydrogens (tertiary/aromatic N) is 3. The Bertz CT molecular complexity index is 436. The Kier molecular flexibility index (Phi) is 6.96. The molecule has 1 heterocycles. The summed E-state index contributed by atoms with van der Waals surface area (Å²) in [5.41, 5.74) is 4.78. The van der Waals surface area contributed by atoms with E-state index in [1.165, 1.54) is 13.8 Å². The van der Waals surface area contributed by atoms with Gasteiger partial charge in [-0.2, -0.15) is 0 Å². The molecule has 0 atom stereocenters. The Hall–Kier alpha value is -1.72. The minimum Gasteiger partial charge on any atom is -0.387 e. The van der Waals surface area contributed by atoms with Crippen LogP contribution in [0.3, 0.4) is 0 Å². The number of halogens is 1. The molecule has 0 aliphatic carbocycles. The van der Waals surface area contributed by atoms with Crippen LogP contribution >= 0.6 is 0 Å². The van der Waals surface area contributed by atoms with E-state index >= 15 is 0 Å². The van der Waals surface area contributed by atoms with Gasteiger partial charge in [0.05, 0.1) is 18.6 Å². The van der Waals surface area contributed by atoms with Crippen molar-refractivity contribution < 1.29 is 4.39 Å². The number of hydrogen-bond donors (Lipinski definition) is 2. The van der Waals surface area contributed by atoms with Gasteiger partial charge in [-0.15, -0.1) is 0 Å². The Labute approximate surface area is 114 Å². The molecule has 1 rings (SSSR count). The molecule has 0 spiro atoms. The number of H-pyrrole nitrogens is 1. The van der Waals surface area contributed by atoms with Crippen molar-refractivity contribution in [1.29, 1.82) is 0 Å². The number of aryl methyl sites for hydroxylation is 1. The summed E-state index contributed by atoms with van der Waals surface area (Å²) in [6, 6.07) is 0. The Morgan fingerprint density at radius 3 is 2.42 bits per heavy atom. The van der Waals surface area contributed by atoms with Crippen molar-refractivity contribution in [3.05, 3.63) is 17.7 Å². The van der Waals surface area contributed by atoms with Crippen LogP contribution in [-0.4, -0.2) is 33.9 Å². The second kappa shape index (κ2) is 7.66. The van der Waals surface area contributed by atoms with Gasteiger partial charge in [0.25, 0.3) is 0 Å². The Morgan fingerprint density at radius 1 is 1.47 bits per heavy atom. The molecule has 0 amide bonds. The minimum absolute atomic E-state index is 0.0250. The van der Waals surface area contributed by atoms with Crippen LogP contribution in [0, 0.1) is 6.92 Å². The zero-order valence-corrected chi connectivity index (χ0v) is 12.6. The topological polar surface area (TPSA) is 79.4 Å². The number of hydrogen-bond acceptors (Lipinski definition) is 2. The van der Waals surface area contributed by atoms with Crippen LogP contribution in [0.2, 0.25) is 0 Å². The van der Waals surface area contributed by atoms with Gasteiger partial charge in [0.15, 0.2) is 5.84 Å². The smallest absolute Gasteiger partial charge is 0.174 e. The first-order valence-electron chi connectivity index (χ1n) is 6.34. The molecular formula is C13H24FN5. The summed E-state index contributed by atoms with van der Waals surface area (Å²) in [5.74, 6) is 1.49. The zero-order chi connectivity index (χ0) is 15.1. The molecule has 1 aromatic heterocycles. The highest BCUT2D eigenvalue weighted by molar-refractivity contribution is 6.04. The standard InChI is InChI=1S/C11H18FN5.C2H6/c1-7(13)16-10(15-6-11(3,4)12)9-5-14-8(2)17-9;1-2/h5H,6H2,1-4H3,(H,14,17)(H2,13,15,16);1-2H3. The molecule has 3 N–H and O–H groups in total. The van der Waals surface area contributed by atoms with Crippen LogP contribution in [0.4, 0.5) is 4.39 Å². The summed E-state index contributed by atoms with van der Waals surface area (Å²) < 4.78 is 13.4. The average Bonchev–Trinajstić information content (AvgIpc) is 2.72. The molecule has 0 saturated heterocycles. The van der Waals surface area contributed by atoms with Gasteiger partial charge in [-0.3, -0.25) is 4.99 Å². The maximum atomic E-state index is 13.4. The van der Waals surface area contributed by atoms with Gasteiger partial charge >= 0.3 is 0 Å². The fourth-order valence-electron chi connectivity index (χ4n) is 1.15. The molecular weight excluding hydrogens is 245 g/mol. The molecule has 0 aromatic carbocycles. The lowest BCUT2D eigenvalue weighted by atomic mass is 10.2. The van der Waals surface area contributed by atoms with Gasteiger partial charge in [-0.05, 0) is 27.7 Å². The largest absolute Gasteiger partial charge is 0.387 e. The monoisotopic (exact) mass is 269 g/mol. The first-order chi connectivity index (χ1) is 8.78. The van der Waals surface area contributed by atoms with E-state index in [9.17, 15) is 4.39 Å². The maximum absolute atomic E-state index is 13.4. The highest BCUT2D eigenvalue weighted by atomic mass is 19.1. The highest BCUT2D eigenvalue weighted by Gasteiger charge is 2.15. The van der Waals surface area contributed by atoms with E-state index in [4.69, 9.17) is 5.73 Å². The first kappa shape index (κ1) is 17.3. The SMILES string of the molecule is CC.CC(N)=NC(=NCC(C)(C)F)c1cnc(C)[nH]1. The second-order valence-electron chi connectivity index (χ2n) is 4.49. The maximum Gasteiger partial charge on any atom is 0.174 e. The molecule has 5 nitrogen and oxygen atoms in total. The van der Waals surface area contributed by atoms with Gasteiger partial charge in [-0.1, -0.05) is 13.8 Å². The van der Waals surface area contributed by atoms with Crippen molar-refractivity contribution in [2.75, 3.05) is 6.54 Å². The van der Waals surface area contributed by atoms with Gasteiger partial charge in [0.2, 0.25) is 0 Å². The number of aromatic amines is 1. The van der Waals surface area contributed by atoms with Crippen LogP contribution in [0.5, 0.6) is 0 Å². The van der Waals surface area contributed by atoms with E-state index in [1.54, 1.807) is 13.1 Å². The van der Waals surface area contributed by atoms with Gasteiger partial charge in [0.1, 0.15) is 17.2 Å². The molecule has 108 valence electrons. The zero-order valence-electron chi connectivity index (χ0n) is 12.6. The van der Waals surface area contributed by atoms with E-state index in [1.807, 2.05) is 20.8 Å². The van der Waals surface area contributed by atoms with E-state index < -0.39 is 5.67 Å². The molecule has 19 heavy (non-hydrogen) atoms. The number of nitrogens with one attached hydrogen (secondary N) is 1. The summed E-state index contributed by atoms with van der Waals surface area (Å²) in [7, 11) is 0. The van der Waals surface area contributed by atoms with Crippen LogP contribution < -0.4 is 5.73 Å². The van der Waals surface area contributed by atoms with E-state index in [2.05, 4.69) is 20.0 Å². The molecule has 0 aliphatic heterocycles. The van der Waals surface area contributed by atoms with Crippen molar-refractivity contribution in [1.82, 2.24) is 9.97 Å². The van der Waals surface area contributed by atoms with Crippen LogP contribution in [0.15, 0.2) is 16.2 Å². The molecule has 1 aromatic rings. The van der Waals surface area contributed by atoms with Crippen molar-refractivity contribution in [2.24, 2.45) is 15.7 Å². The molecule has 0 unspecified atom stereocenters. The first-order valence-corrected chi connectivity index (χ1v) is 6.34. The van der Waals surface area contributed by atoms with Gasteiger partial charge in [-0.25, -0.2) is 14.4 Å². The lowest BCUT2D eigenvalue weighted by molar-refractivity contribution is 0.229. The predicted molar refractivity (Wildman–Crippen MR) is 78.6 cm³/mol. The molecule has 0 bridgehead atoms. The van der Waals surface area contributed by atoms with Crippen LogP contribution in [0.1, 0.15) is 46.1 Å². The summed E-state index contributed by atoms with van der Waals surface area (Å²) in [6.07, 6.45) is 1.60. The lowest BCUT2D eigenvalue weighted by Gasteiger charge is -2.10. The predicted octanol–water partition coefficient (Wildman–Crippen LogP) is 2.62. The van der Waals surface area contributed by atoms with E-state index in [0.717, 1.165) is 5.82 Å². The summed E-state index contributed by atoms with van der Waals surface area (Å²) in [4.78, 5) is 15.2. The quantitative estimate of drug-likeness (QED) is 0.653. The molecule has 6 heteroatoms. The fraction of sp³-hybridized carbons (Fsp3) is 0.615. The summed E-state index contributed by atoms with van der Waals surface area (Å²) in [5, 5.41) is 0. The number of imidazole rings is 1. The molecule has 0 aliphatic rings. The van der Waals surface area contributed by atoms with Crippen molar-refractivity contribution in [2.45, 2.75) is 47.2 Å². The fourth-order valence-corrected chi connectivity index (χ4v) is 1.15. The van der Waals surface area contributed by atoms with Crippen molar-refractivity contribution in [3.8, 4) is 0 Å². The number of rotatable bonds is 3. The van der Waals surface area contributed by atoms with Gasteiger partial charge < -0.3 is 10.7 Å². The normalized spacial score (nSPS) is 13.0. The van der Waals surface area contributed by atoms with Crippen molar-refractivity contribution in [3.63, 3.8) is 0 Å². The van der Waals surface area contributed by atoms with Gasteiger partial charge in [0, 0.05) is 0 Å². The van der Waals surface area contributed by atoms with Crippen molar-refractivity contribution >= 4 is 11.7 Å². The molecule has 0 radical (unpaired) electrons. The Morgan fingerprint density at radius 2 is 2.05 bits per heavy atom.